The van der Waals surface area contributed by atoms with Crippen molar-refractivity contribution >= 4 is 0 Å². The van der Waals surface area contributed by atoms with Gasteiger partial charge in [-0.05, 0) is 6.42 Å². The SMILES string of the molecule is CCCCCCCCO[C@H]1O[C@H](CO[C@H]2O[C@H](CO)[C@@H](O)[C@H](O)[C@@H]2N)[C@@H](O)[C@H](O)[C@@H]1O. The van der Waals surface area contributed by atoms with Crippen molar-refractivity contribution in [1.82, 2.24) is 0 Å². The summed E-state index contributed by atoms with van der Waals surface area (Å²) in [4.78, 5) is 0. The van der Waals surface area contributed by atoms with Crippen LogP contribution in [0.25, 0.3) is 0 Å². The average molecular weight is 454 g/mol. The van der Waals surface area contributed by atoms with E-state index in [0.717, 1.165) is 25.7 Å². The normalized spacial score (nSPS) is 41.4. The van der Waals surface area contributed by atoms with E-state index in [2.05, 4.69) is 6.92 Å². The molecule has 8 N–H and O–H groups in total. The third kappa shape index (κ3) is 7.27. The maximum absolute atomic E-state index is 10.2. The minimum atomic E-state index is -1.50. The van der Waals surface area contributed by atoms with Gasteiger partial charge in [-0.1, -0.05) is 39.0 Å². The molecule has 0 unspecified atom stereocenters. The van der Waals surface area contributed by atoms with E-state index in [4.69, 9.17) is 24.7 Å². The molecule has 10 atom stereocenters. The van der Waals surface area contributed by atoms with E-state index >= 15 is 0 Å². The lowest BCUT2D eigenvalue weighted by Gasteiger charge is -2.43. The van der Waals surface area contributed by atoms with Gasteiger partial charge in [0.25, 0.3) is 0 Å². The first kappa shape index (κ1) is 26.8. The van der Waals surface area contributed by atoms with Gasteiger partial charge in [0.1, 0.15) is 42.7 Å². The van der Waals surface area contributed by atoms with E-state index in [-0.39, 0.29) is 6.61 Å². The van der Waals surface area contributed by atoms with E-state index in [1.54, 1.807) is 0 Å². The molecule has 0 spiro atoms. The van der Waals surface area contributed by atoms with Gasteiger partial charge in [0.15, 0.2) is 12.6 Å². The molecule has 184 valence electrons. The summed E-state index contributed by atoms with van der Waals surface area (Å²) in [6, 6.07) is -1.10. The van der Waals surface area contributed by atoms with E-state index in [1.165, 1.54) is 12.8 Å². The van der Waals surface area contributed by atoms with E-state index in [0.29, 0.717) is 6.61 Å². The van der Waals surface area contributed by atoms with Gasteiger partial charge in [-0.15, -0.1) is 0 Å². The highest BCUT2D eigenvalue weighted by Crippen LogP contribution is 2.25. The first-order valence-electron chi connectivity index (χ1n) is 11.1. The number of hydrogen-bond acceptors (Lipinski definition) is 11. The molecule has 0 aromatic carbocycles. The highest BCUT2D eigenvalue weighted by atomic mass is 16.7. The average Bonchev–Trinajstić information content (AvgIpc) is 2.77. The van der Waals surface area contributed by atoms with Crippen LogP contribution in [0.3, 0.4) is 0 Å². The van der Waals surface area contributed by atoms with Crippen molar-refractivity contribution in [3.05, 3.63) is 0 Å². The molecule has 0 radical (unpaired) electrons. The number of rotatable bonds is 12. The fraction of sp³-hybridized carbons (Fsp3) is 1.00. The Bertz CT molecular complexity index is 499. The second-order valence-electron chi connectivity index (χ2n) is 8.27. The molecule has 0 aliphatic carbocycles. The second kappa shape index (κ2) is 13.3. The number of aliphatic hydroxyl groups is 6. The summed E-state index contributed by atoms with van der Waals surface area (Å²) in [6.07, 6.45) is -5.20. The fourth-order valence-electron chi connectivity index (χ4n) is 3.72. The van der Waals surface area contributed by atoms with Gasteiger partial charge in [-0.3, -0.25) is 0 Å². The van der Waals surface area contributed by atoms with E-state index < -0.39 is 68.0 Å². The Morgan fingerprint density at radius 2 is 1.32 bits per heavy atom. The molecule has 2 rings (SSSR count). The summed E-state index contributed by atoms with van der Waals surface area (Å²) < 4.78 is 22.0. The fourth-order valence-corrected chi connectivity index (χ4v) is 3.72. The Kier molecular flexibility index (Phi) is 11.5. The lowest BCUT2D eigenvalue weighted by atomic mass is 9.97. The highest BCUT2D eigenvalue weighted by molar-refractivity contribution is 4.93. The third-order valence-corrected chi connectivity index (χ3v) is 5.80. The molecule has 11 nitrogen and oxygen atoms in total. The third-order valence-electron chi connectivity index (χ3n) is 5.80. The van der Waals surface area contributed by atoms with Crippen LogP contribution in [0.4, 0.5) is 0 Å². The zero-order chi connectivity index (χ0) is 23.0. The van der Waals surface area contributed by atoms with Crippen LogP contribution in [-0.2, 0) is 18.9 Å². The molecule has 11 heteroatoms. The van der Waals surface area contributed by atoms with Crippen molar-refractivity contribution in [2.45, 2.75) is 107 Å². The zero-order valence-electron chi connectivity index (χ0n) is 18.0. The highest BCUT2D eigenvalue weighted by Gasteiger charge is 2.46. The maximum Gasteiger partial charge on any atom is 0.186 e. The lowest BCUT2D eigenvalue weighted by Crippen LogP contribution is -2.63. The van der Waals surface area contributed by atoms with Crippen LogP contribution >= 0.6 is 0 Å². The summed E-state index contributed by atoms with van der Waals surface area (Å²) in [5.41, 5.74) is 5.82. The zero-order valence-corrected chi connectivity index (χ0v) is 18.0. The molecule has 0 bridgehead atoms. The van der Waals surface area contributed by atoms with Crippen molar-refractivity contribution in [1.29, 1.82) is 0 Å². The molecule has 2 aliphatic heterocycles. The van der Waals surface area contributed by atoms with Crippen LogP contribution < -0.4 is 5.73 Å². The Balaban J connectivity index is 1.83. The summed E-state index contributed by atoms with van der Waals surface area (Å²) in [7, 11) is 0. The first-order chi connectivity index (χ1) is 14.8. The van der Waals surface area contributed by atoms with E-state index in [9.17, 15) is 30.6 Å². The van der Waals surface area contributed by atoms with Gasteiger partial charge in [0.05, 0.1) is 19.3 Å². The van der Waals surface area contributed by atoms with Crippen LogP contribution in [0.2, 0.25) is 0 Å². The van der Waals surface area contributed by atoms with Crippen LogP contribution in [0.5, 0.6) is 0 Å². The van der Waals surface area contributed by atoms with Crippen molar-refractivity contribution in [2.24, 2.45) is 5.73 Å². The molecule has 0 aromatic rings. The minimum Gasteiger partial charge on any atom is -0.394 e. The van der Waals surface area contributed by atoms with Gasteiger partial charge < -0.3 is 55.3 Å². The number of ether oxygens (including phenoxy) is 4. The summed E-state index contributed by atoms with van der Waals surface area (Å²) in [5.74, 6) is 0. The molecular weight excluding hydrogens is 414 g/mol. The summed E-state index contributed by atoms with van der Waals surface area (Å²) >= 11 is 0. The summed E-state index contributed by atoms with van der Waals surface area (Å²) in [5, 5.41) is 59.6. The van der Waals surface area contributed by atoms with Crippen LogP contribution in [0.1, 0.15) is 45.4 Å². The lowest BCUT2D eigenvalue weighted by molar-refractivity contribution is -0.319. The first-order valence-corrected chi connectivity index (χ1v) is 11.1. The van der Waals surface area contributed by atoms with Gasteiger partial charge in [-0.25, -0.2) is 0 Å². The Morgan fingerprint density at radius 1 is 0.710 bits per heavy atom. The molecule has 0 saturated carbocycles. The van der Waals surface area contributed by atoms with Crippen LogP contribution in [0.15, 0.2) is 0 Å². The largest absolute Gasteiger partial charge is 0.394 e. The van der Waals surface area contributed by atoms with Gasteiger partial charge >= 0.3 is 0 Å². The quantitative estimate of drug-likeness (QED) is 0.161. The predicted molar refractivity (Wildman–Crippen MR) is 108 cm³/mol. The molecule has 2 aliphatic rings. The van der Waals surface area contributed by atoms with Crippen LogP contribution in [0, 0.1) is 0 Å². The van der Waals surface area contributed by atoms with Crippen LogP contribution in [-0.4, -0.2) is 112 Å². The maximum atomic E-state index is 10.2. The number of nitrogens with two attached hydrogens (primary N) is 1. The molecular formula is C20H39NO10. The monoisotopic (exact) mass is 453 g/mol. The van der Waals surface area contributed by atoms with Gasteiger partial charge in [0, 0.05) is 6.61 Å². The number of hydrogen-bond donors (Lipinski definition) is 7. The molecule has 31 heavy (non-hydrogen) atoms. The molecule has 2 saturated heterocycles. The second-order valence-corrected chi connectivity index (χ2v) is 8.27. The Labute approximate surface area is 182 Å². The number of unbranched alkanes of at least 4 members (excludes halogenated alkanes) is 5. The molecule has 0 amide bonds. The summed E-state index contributed by atoms with van der Waals surface area (Å²) in [6.45, 7) is 1.65. The van der Waals surface area contributed by atoms with Crippen molar-refractivity contribution < 1.29 is 49.6 Å². The number of aliphatic hydroxyl groups excluding tert-OH is 6. The predicted octanol–water partition coefficient (Wildman–Crippen LogP) is -2.05. The van der Waals surface area contributed by atoms with Crippen molar-refractivity contribution in [2.75, 3.05) is 19.8 Å². The molecule has 2 fully saturated rings. The van der Waals surface area contributed by atoms with Gasteiger partial charge in [0.2, 0.25) is 0 Å². The minimum absolute atomic E-state index is 0.291. The standard InChI is InChI=1S/C20H39NO10/c1-2-3-4-5-6-7-8-28-20-18(27)17(26)15(24)12(31-20)10-29-19-13(21)16(25)14(23)11(9-22)30-19/h11-20,22-27H,2-10,21H2,1H3/t11-,12-,13+,14-,15-,16-,17+,18+,19+,20+/m1/s1. The Hall–Kier alpha value is -0.440. The smallest absolute Gasteiger partial charge is 0.186 e. The molecule has 0 aromatic heterocycles. The van der Waals surface area contributed by atoms with Gasteiger partial charge in [-0.2, -0.15) is 0 Å². The topological polar surface area (TPSA) is 184 Å². The van der Waals surface area contributed by atoms with Crippen molar-refractivity contribution in [3.63, 3.8) is 0 Å². The van der Waals surface area contributed by atoms with E-state index in [1.807, 2.05) is 0 Å². The molecule has 2 heterocycles. The Morgan fingerprint density at radius 3 is 2.00 bits per heavy atom. The van der Waals surface area contributed by atoms with Crippen molar-refractivity contribution in [3.8, 4) is 0 Å².